The number of piperidine rings is 1. The van der Waals surface area contributed by atoms with E-state index in [0.29, 0.717) is 40.6 Å². The number of carbonyl (C=O) groups excluding carboxylic acids is 1. The van der Waals surface area contributed by atoms with Gasteiger partial charge in [-0.05, 0) is 56.0 Å². The van der Waals surface area contributed by atoms with Gasteiger partial charge in [-0.3, -0.25) is 4.79 Å². The van der Waals surface area contributed by atoms with Gasteiger partial charge in [-0.25, -0.2) is 0 Å². The van der Waals surface area contributed by atoms with Crippen LogP contribution in [0, 0.1) is 11.8 Å². The molecule has 122 valence electrons. The summed E-state index contributed by atoms with van der Waals surface area (Å²) >= 11 is 0.485. The molecule has 0 aliphatic carbocycles. The third-order valence-corrected chi connectivity index (χ3v) is 4.74. The second-order valence-corrected chi connectivity index (χ2v) is 6.79. The summed E-state index contributed by atoms with van der Waals surface area (Å²) in [5.41, 5.74) is 0.577. The van der Waals surface area contributed by atoms with Crippen molar-refractivity contribution in [2.24, 2.45) is 11.8 Å². The monoisotopic (exact) mass is 328 g/mol. The highest BCUT2D eigenvalue weighted by atomic mass is 32.2. The molecular weight excluding hydrogens is 306 g/mol. The molecule has 1 atom stereocenters. The smallest absolute Gasteiger partial charge is 0.288 e. The number of hydrogen-bond donors (Lipinski definition) is 2. The molecule has 1 amide bonds. The van der Waals surface area contributed by atoms with Crippen molar-refractivity contribution < 1.29 is 13.6 Å². The molecule has 0 aromatic heterocycles. The SMILES string of the molecule is CC(CC(=O)Nc1cccc(SC(F)F)c1)C1CCNCC1. The highest BCUT2D eigenvalue weighted by Crippen LogP contribution is 2.28. The van der Waals surface area contributed by atoms with Crippen LogP contribution >= 0.6 is 11.8 Å². The average molecular weight is 328 g/mol. The molecule has 1 saturated heterocycles. The lowest BCUT2D eigenvalue weighted by molar-refractivity contribution is -0.117. The summed E-state index contributed by atoms with van der Waals surface area (Å²) in [6, 6.07) is 6.60. The molecule has 1 unspecified atom stereocenters. The van der Waals surface area contributed by atoms with Gasteiger partial charge in [0.2, 0.25) is 5.91 Å². The van der Waals surface area contributed by atoms with Crippen molar-refractivity contribution in [3.63, 3.8) is 0 Å². The summed E-state index contributed by atoms with van der Waals surface area (Å²) in [4.78, 5) is 12.6. The maximum absolute atomic E-state index is 12.4. The Balaban J connectivity index is 1.85. The van der Waals surface area contributed by atoms with E-state index in [2.05, 4.69) is 17.6 Å². The zero-order valence-electron chi connectivity index (χ0n) is 12.6. The molecule has 0 spiro atoms. The lowest BCUT2D eigenvalue weighted by Gasteiger charge is -2.27. The van der Waals surface area contributed by atoms with Crippen LogP contribution < -0.4 is 10.6 Å². The number of alkyl halides is 2. The van der Waals surface area contributed by atoms with E-state index in [1.54, 1.807) is 24.3 Å². The summed E-state index contributed by atoms with van der Waals surface area (Å²) < 4.78 is 24.7. The van der Waals surface area contributed by atoms with E-state index < -0.39 is 5.76 Å². The largest absolute Gasteiger partial charge is 0.326 e. The van der Waals surface area contributed by atoms with Crippen LogP contribution in [0.4, 0.5) is 14.5 Å². The zero-order chi connectivity index (χ0) is 15.9. The van der Waals surface area contributed by atoms with Crippen LogP contribution in [0.1, 0.15) is 26.2 Å². The number of amides is 1. The maximum atomic E-state index is 12.4. The normalized spacial score (nSPS) is 17.5. The average Bonchev–Trinajstić information content (AvgIpc) is 2.47. The van der Waals surface area contributed by atoms with Gasteiger partial charge in [0.05, 0.1) is 0 Å². The summed E-state index contributed by atoms with van der Waals surface area (Å²) in [5, 5.41) is 6.13. The van der Waals surface area contributed by atoms with Gasteiger partial charge in [-0.2, -0.15) is 8.78 Å². The van der Waals surface area contributed by atoms with E-state index in [-0.39, 0.29) is 5.91 Å². The first kappa shape index (κ1) is 17.2. The first-order chi connectivity index (χ1) is 10.5. The van der Waals surface area contributed by atoms with Crippen molar-refractivity contribution in [1.82, 2.24) is 5.32 Å². The Labute approximate surface area is 134 Å². The van der Waals surface area contributed by atoms with Gasteiger partial charge in [-0.15, -0.1) is 0 Å². The molecule has 3 nitrogen and oxygen atoms in total. The molecule has 2 N–H and O–H groups in total. The van der Waals surface area contributed by atoms with E-state index in [1.807, 2.05) is 0 Å². The van der Waals surface area contributed by atoms with Crippen LogP contribution in [-0.4, -0.2) is 24.8 Å². The molecule has 0 bridgehead atoms. The highest BCUT2D eigenvalue weighted by Gasteiger charge is 2.22. The molecular formula is C16H22F2N2OS. The molecule has 0 saturated carbocycles. The Hall–Kier alpha value is -1.14. The number of anilines is 1. The Morgan fingerprint density at radius 3 is 2.82 bits per heavy atom. The fraction of sp³-hybridized carbons (Fsp3) is 0.562. The number of benzene rings is 1. The van der Waals surface area contributed by atoms with Crippen molar-refractivity contribution in [2.45, 2.75) is 36.8 Å². The number of thioether (sulfide) groups is 1. The summed E-state index contributed by atoms with van der Waals surface area (Å²) in [5.74, 6) is -1.59. The van der Waals surface area contributed by atoms with Gasteiger partial charge in [0.1, 0.15) is 0 Å². The first-order valence-electron chi connectivity index (χ1n) is 7.60. The van der Waals surface area contributed by atoms with E-state index in [9.17, 15) is 13.6 Å². The fourth-order valence-corrected chi connectivity index (χ4v) is 3.39. The number of rotatable bonds is 6. The van der Waals surface area contributed by atoms with Crippen molar-refractivity contribution in [3.05, 3.63) is 24.3 Å². The lowest BCUT2D eigenvalue weighted by atomic mass is 9.84. The standard InChI is InChI=1S/C16H22F2N2OS/c1-11(12-5-7-19-8-6-12)9-15(21)20-13-3-2-4-14(10-13)22-16(17)18/h2-4,10-12,16,19H,5-9H2,1H3,(H,20,21). The van der Waals surface area contributed by atoms with E-state index in [1.165, 1.54) is 0 Å². The molecule has 1 aliphatic rings. The second-order valence-electron chi connectivity index (χ2n) is 5.72. The van der Waals surface area contributed by atoms with Gasteiger partial charge < -0.3 is 10.6 Å². The molecule has 0 radical (unpaired) electrons. The van der Waals surface area contributed by atoms with Crippen LogP contribution in [0.25, 0.3) is 0 Å². The van der Waals surface area contributed by atoms with Crippen molar-refractivity contribution in [2.75, 3.05) is 18.4 Å². The van der Waals surface area contributed by atoms with E-state index in [4.69, 9.17) is 0 Å². The minimum absolute atomic E-state index is 0.0507. The minimum atomic E-state index is -2.45. The van der Waals surface area contributed by atoms with Crippen LogP contribution in [0.3, 0.4) is 0 Å². The molecule has 1 heterocycles. The van der Waals surface area contributed by atoms with Crippen LogP contribution in [0.5, 0.6) is 0 Å². The third-order valence-electron chi connectivity index (χ3n) is 4.04. The number of halogens is 2. The summed E-state index contributed by atoms with van der Waals surface area (Å²) in [6.07, 6.45) is 2.68. The van der Waals surface area contributed by atoms with Gasteiger partial charge in [0.25, 0.3) is 5.76 Å². The van der Waals surface area contributed by atoms with Crippen LogP contribution in [0.2, 0.25) is 0 Å². The van der Waals surface area contributed by atoms with Crippen molar-refractivity contribution in [1.29, 1.82) is 0 Å². The van der Waals surface area contributed by atoms with Crippen LogP contribution in [0.15, 0.2) is 29.2 Å². The number of hydrogen-bond acceptors (Lipinski definition) is 3. The Morgan fingerprint density at radius 1 is 1.41 bits per heavy atom. The Bertz CT molecular complexity index is 493. The van der Waals surface area contributed by atoms with E-state index >= 15 is 0 Å². The topological polar surface area (TPSA) is 41.1 Å². The predicted octanol–water partition coefficient (Wildman–Crippen LogP) is 3.97. The predicted molar refractivity (Wildman–Crippen MR) is 86.3 cm³/mol. The zero-order valence-corrected chi connectivity index (χ0v) is 13.5. The maximum Gasteiger partial charge on any atom is 0.288 e. The molecule has 1 aromatic carbocycles. The van der Waals surface area contributed by atoms with Crippen molar-refractivity contribution >= 4 is 23.4 Å². The highest BCUT2D eigenvalue weighted by molar-refractivity contribution is 7.99. The molecule has 2 rings (SSSR count). The first-order valence-corrected chi connectivity index (χ1v) is 8.48. The molecule has 1 fully saturated rings. The van der Waals surface area contributed by atoms with Gasteiger partial charge >= 0.3 is 0 Å². The van der Waals surface area contributed by atoms with Crippen LogP contribution in [-0.2, 0) is 4.79 Å². The summed E-state index contributed by atoms with van der Waals surface area (Å²) in [7, 11) is 0. The lowest BCUT2D eigenvalue weighted by Crippen LogP contribution is -2.32. The van der Waals surface area contributed by atoms with E-state index in [0.717, 1.165) is 25.9 Å². The summed E-state index contributed by atoms with van der Waals surface area (Å²) in [6.45, 7) is 4.14. The van der Waals surface area contributed by atoms with Gasteiger partial charge in [0, 0.05) is 17.0 Å². The number of carbonyl (C=O) groups is 1. The van der Waals surface area contributed by atoms with Gasteiger partial charge in [-0.1, -0.05) is 24.8 Å². The second kappa shape index (κ2) is 8.48. The van der Waals surface area contributed by atoms with Crippen molar-refractivity contribution in [3.8, 4) is 0 Å². The molecule has 6 heteroatoms. The quantitative estimate of drug-likeness (QED) is 0.777. The Kier molecular flexibility index (Phi) is 6.64. The number of nitrogens with one attached hydrogen (secondary N) is 2. The van der Waals surface area contributed by atoms with Gasteiger partial charge in [0.15, 0.2) is 0 Å². The fourth-order valence-electron chi connectivity index (χ4n) is 2.83. The minimum Gasteiger partial charge on any atom is -0.326 e. The Morgan fingerprint density at radius 2 is 2.14 bits per heavy atom. The molecule has 1 aromatic rings. The molecule has 1 aliphatic heterocycles. The third kappa shape index (κ3) is 5.57. The molecule has 22 heavy (non-hydrogen) atoms.